The molecule has 1 atom stereocenters. The Labute approximate surface area is 148 Å². The van der Waals surface area contributed by atoms with Gasteiger partial charge in [0.2, 0.25) is 5.91 Å². The number of halogens is 1. The Bertz CT molecular complexity index is 721. The topological polar surface area (TPSA) is 77.7 Å². The van der Waals surface area contributed by atoms with Gasteiger partial charge in [-0.3, -0.25) is 4.79 Å². The third-order valence-corrected chi connectivity index (χ3v) is 4.40. The number of hydrogen-bond donors (Lipinski definition) is 0. The fraction of sp³-hybridized carbons (Fsp3) is 0.438. The van der Waals surface area contributed by atoms with Gasteiger partial charge in [0, 0.05) is 13.1 Å². The zero-order valence-corrected chi connectivity index (χ0v) is 14.5. The Balaban J connectivity index is 1.53. The highest BCUT2D eigenvalue weighted by atomic mass is 32.2. The van der Waals surface area contributed by atoms with Crippen LogP contribution in [0.3, 0.4) is 0 Å². The number of morpholine rings is 1. The third-order valence-electron chi connectivity index (χ3n) is 3.59. The Hall–Kier alpha value is -2.13. The van der Waals surface area contributed by atoms with Gasteiger partial charge in [-0.2, -0.15) is 0 Å². The summed E-state index contributed by atoms with van der Waals surface area (Å²) in [6.45, 7) is 4.01. The van der Waals surface area contributed by atoms with Gasteiger partial charge < -0.3 is 18.8 Å². The van der Waals surface area contributed by atoms with Crippen molar-refractivity contribution < 1.29 is 23.1 Å². The molecule has 7 nitrogen and oxygen atoms in total. The number of amides is 1. The first-order valence-corrected chi connectivity index (χ1v) is 8.85. The van der Waals surface area contributed by atoms with Crippen LogP contribution in [0.15, 0.2) is 33.9 Å². The smallest absolute Gasteiger partial charge is 0.277 e. The van der Waals surface area contributed by atoms with E-state index in [1.54, 1.807) is 24.0 Å². The molecule has 1 aromatic heterocycles. The summed E-state index contributed by atoms with van der Waals surface area (Å²) in [5.41, 5.74) is 0. The number of para-hydroxylation sites is 1. The van der Waals surface area contributed by atoms with Crippen LogP contribution >= 0.6 is 11.8 Å². The minimum atomic E-state index is -0.603. The van der Waals surface area contributed by atoms with E-state index in [1.165, 1.54) is 23.9 Å². The van der Waals surface area contributed by atoms with Crippen molar-refractivity contribution in [2.45, 2.75) is 18.3 Å². The van der Waals surface area contributed by atoms with Gasteiger partial charge in [-0.05, 0) is 19.1 Å². The van der Waals surface area contributed by atoms with Crippen LogP contribution in [0.4, 0.5) is 4.39 Å². The van der Waals surface area contributed by atoms with Crippen LogP contribution in [0.5, 0.6) is 5.75 Å². The summed E-state index contributed by atoms with van der Waals surface area (Å²) in [7, 11) is 0. The van der Waals surface area contributed by atoms with Crippen molar-refractivity contribution in [3.05, 3.63) is 36.0 Å². The third kappa shape index (κ3) is 4.70. The summed E-state index contributed by atoms with van der Waals surface area (Å²) in [5.74, 6) is 0.0993. The number of carbonyl (C=O) groups is 1. The van der Waals surface area contributed by atoms with E-state index >= 15 is 0 Å². The highest BCUT2D eigenvalue weighted by Gasteiger charge is 2.20. The van der Waals surface area contributed by atoms with Crippen molar-refractivity contribution in [1.29, 1.82) is 0 Å². The highest BCUT2D eigenvalue weighted by molar-refractivity contribution is 7.99. The molecule has 134 valence electrons. The second kappa shape index (κ2) is 8.30. The molecule has 1 saturated heterocycles. The average Bonchev–Trinajstić information content (AvgIpc) is 3.11. The van der Waals surface area contributed by atoms with Crippen LogP contribution in [0.1, 0.15) is 18.9 Å². The Morgan fingerprint density at radius 3 is 2.88 bits per heavy atom. The first-order chi connectivity index (χ1) is 12.1. The molecule has 1 amide bonds. The molecule has 3 rings (SSSR count). The number of carbonyl (C=O) groups excluding carboxylic acids is 1. The minimum absolute atomic E-state index is 0.00343. The van der Waals surface area contributed by atoms with E-state index in [9.17, 15) is 9.18 Å². The summed E-state index contributed by atoms with van der Waals surface area (Å²) < 4.78 is 29.8. The molecule has 0 bridgehead atoms. The van der Waals surface area contributed by atoms with Gasteiger partial charge in [0.25, 0.3) is 11.1 Å². The van der Waals surface area contributed by atoms with Gasteiger partial charge in [0.1, 0.15) is 0 Å². The quantitative estimate of drug-likeness (QED) is 0.725. The summed E-state index contributed by atoms with van der Waals surface area (Å²) in [6.07, 6.45) is -0.603. The molecule has 0 spiro atoms. The number of ether oxygens (including phenoxy) is 2. The number of thioether (sulfide) groups is 1. The van der Waals surface area contributed by atoms with Crippen LogP contribution in [0, 0.1) is 5.82 Å². The van der Waals surface area contributed by atoms with Crippen LogP contribution in [0.25, 0.3) is 0 Å². The minimum Gasteiger partial charge on any atom is -0.478 e. The van der Waals surface area contributed by atoms with Crippen molar-refractivity contribution >= 4 is 17.7 Å². The Morgan fingerprint density at radius 2 is 2.12 bits per heavy atom. The lowest BCUT2D eigenvalue weighted by Gasteiger charge is -2.26. The molecule has 0 N–H and O–H groups in total. The van der Waals surface area contributed by atoms with Gasteiger partial charge in [-0.1, -0.05) is 23.9 Å². The summed E-state index contributed by atoms with van der Waals surface area (Å²) in [5, 5.41) is 8.08. The predicted octanol–water partition coefficient (Wildman–Crippen LogP) is 2.30. The van der Waals surface area contributed by atoms with E-state index in [2.05, 4.69) is 10.2 Å². The normalized spacial score (nSPS) is 15.8. The summed E-state index contributed by atoms with van der Waals surface area (Å²) in [6, 6.07) is 6.10. The van der Waals surface area contributed by atoms with Crippen LogP contribution in [-0.2, 0) is 9.53 Å². The highest BCUT2D eigenvalue weighted by Crippen LogP contribution is 2.25. The Morgan fingerprint density at radius 1 is 1.36 bits per heavy atom. The molecule has 25 heavy (non-hydrogen) atoms. The standard InChI is InChI=1S/C16H18FN3O4S/c1-11(23-13-5-3-2-4-12(13)17)15-18-19-16(24-15)25-10-14(21)20-6-8-22-9-7-20/h2-5,11H,6-10H2,1H3/t11-/m0/s1. The second-order valence-corrected chi connectivity index (χ2v) is 6.31. The predicted molar refractivity (Wildman–Crippen MR) is 87.9 cm³/mol. The average molecular weight is 367 g/mol. The molecule has 2 aromatic rings. The molecule has 0 aliphatic carbocycles. The number of rotatable bonds is 6. The molecule has 0 saturated carbocycles. The van der Waals surface area contributed by atoms with Crippen LogP contribution in [0.2, 0.25) is 0 Å². The molecule has 9 heteroatoms. The zero-order chi connectivity index (χ0) is 17.6. The number of benzene rings is 1. The molecule has 2 heterocycles. The summed E-state index contributed by atoms with van der Waals surface area (Å²) in [4.78, 5) is 13.8. The number of nitrogens with zero attached hydrogens (tertiary/aromatic N) is 3. The molecule has 1 aliphatic heterocycles. The van der Waals surface area contributed by atoms with Crippen molar-refractivity contribution in [2.24, 2.45) is 0 Å². The molecule has 1 fully saturated rings. The lowest BCUT2D eigenvalue weighted by Crippen LogP contribution is -2.41. The van der Waals surface area contributed by atoms with Crippen molar-refractivity contribution in [1.82, 2.24) is 15.1 Å². The van der Waals surface area contributed by atoms with Gasteiger partial charge in [0.05, 0.1) is 19.0 Å². The maximum Gasteiger partial charge on any atom is 0.277 e. The fourth-order valence-corrected chi connectivity index (χ4v) is 2.92. The van der Waals surface area contributed by atoms with Gasteiger partial charge in [-0.15, -0.1) is 10.2 Å². The monoisotopic (exact) mass is 367 g/mol. The van der Waals surface area contributed by atoms with E-state index in [-0.39, 0.29) is 28.5 Å². The molecule has 0 radical (unpaired) electrons. The van der Waals surface area contributed by atoms with Crippen molar-refractivity contribution in [3.8, 4) is 5.75 Å². The molecular weight excluding hydrogens is 349 g/mol. The lowest BCUT2D eigenvalue weighted by atomic mass is 10.3. The SMILES string of the molecule is C[C@H](Oc1ccccc1F)c1nnc(SCC(=O)N2CCOCC2)o1. The maximum absolute atomic E-state index is 13.6. The van der Waals surface area contributed by atoms with E-state index in [0.29, 0.717) is 26.3 Å². The number of hydrogen-bond acceptors (Lipinski definition) is 7. The van der Waals surface area contributed by atoms with E-state index in [0.717, 1.165) is 0 Å². The van der Waals surface area contributed by atoms with Crippen molar-refractivity contribution in [3.63, 3.8) is 0 Å². The van der Waals surface area contributed by atoms with E-state index < -0.39 is 11.9 Å². The van der Waals surface area contributed by atoms with E-state index in [4.69, 9.17) is 13.9 Å². The first-order valence-electron chi connectivity index (χ1n) is 7.86. The molecule has 1 aromatic carbocycles. The molecule has 1 aliphatic rings. The van der Waals surface area contributed by atoms with Gasteiger partial charge in [-0.25, -0.2) is 4.39 Å². The zero-order valence-electron chi connectivity index (χ0n) is 13.7. The fourth-order valence-electron chi connectivity index (χ4n) is 2.25. The van der Waals surface area contributed by atoms with Gasteiger partial charge in [0.15, 0.2) is 17.7 Å². The largest absolute Gasteiger partial charge is 0.478 e. The molecular formula is C16H18FN3O4S. The van der Waals surface area contributed by atoms with Crippen molar-refractivity contribution in [2.75, 3.05) is 32.1 Å². The lowest BCUT2D eigenvalue weighted by molar-refractivity contribution is -0.132. The van der Waals surface area contributed by atoms with Crippen LogP contribution in [-0.4, -0.2) is 53.1 Å². The second-order valence-electron chi connectivity index (χ2n) is 5.38. The number of aromatic nitrogens is 2. The Kier molecular flexibility index (Phi) is 5.87. The maximum atomic E-state index is 13.6. The van der Waals surface area contributed by atoms with Gasteiger partial charge >= 0.3 is 0 Å². The summed E-state index contributed by atoms with van der Waals surface area (Å²) >= 11 is 1.17. The first kappa shape index (κ1) is 17.7. The van der Waals surface area contributed by atoms with E-state index in [1.807, 2.05) is 0 Å². The van der Waals surface area contributed by atoms with Crippen LogP contribution < -0.4 is 4.74 Å². The molecule has 0 unspecified atom stereocenters.